The van der Waals surface area contributed by atoms with Crippen molar-refractivity contribution in [1.82, 2.24) is 0 Å². The minimum atomic E-state index is -0.538. The number of carbonyl (C=O) groups is 2. The van der Waals surface area contributed by atoms with Crippen LogP contribution in [0.1, 0.15) is 34.6 Å². The van der Waals surface area contributed by atoms with Crippen molar-refractivity contribution in [3.8, 4) is 5.75 Å². The lowest BCUT2D eigenvalue weighted by atomic mass is 10.1. The summed E-state index contributed by atoms with van der Waals surface area (Å²) in [6.07, 6.45) is 0. The van der Waals surface area contributed by atoms with E-state index in [1.165, 1.54) is 39.5 Å². The van der Waals surface area contributed by atoms with Crippen molar-refractivity contribution >= 4 is 11.9 Å². The van der Waals surface area contributed by atoms with Gasteiger partial charge >= 0.3 is 11.9 Å². The smallest absolute Gasteiger partial charge is 0.338 e. The van der Waals surface area contributed by atoms with Crippen LogP contribution in [0, 0.1) is 0 Å². The molecule has 0 aromatic heterocycles. The maximum atomic E-state index is 11.3. The summed E-state index contributed by atoms with van der Waals surface area (Å²) in [5.41, 5.74) is 0.476. The molecule has 0 spiro atoms. The summed E-state index contributed by atoms with van der Waals surface area (Å²) >= 11 is 0. The topological polar surface area (TPSA) is 61.8 Å². The van der Waals surface area contributed by atoms with Gasteiger partial charge in [0.25, 0.3) is 0 Å². The van der Waals surface area contributed by atoms with Crippen molar-refractivity contribution < 1.29 is 23.8 Å². The quantitative estimate of drug-likeness (QED) is 0.774. The summed E-state index contributed by atoms with van der Waals surface area (Å²) in [5, 5.41) is 0. The van der Waals surface area contributed by atoms with Crippen LogP contribution in [-0.2, 0) is 9.47 Å². The van der Waals surface area contributed by atoms with E-state index >= 15 is 0 Å². The Morgan fingerprint density at radius 1 is 0.833 bits per heavy atom. The minimum Gasteiger partial charge on any atom is -0.497 e. The van der Waals surface area contributed by atoms with E-state index in [1.807, 2.05) is 13.8 Å². The van der Waals surface area contributed by atoms with E-state index in [0.717, 1.165) is 0 Å². The first-order valence-electron chi connectivity index (χ1n) is 5.48. The molecule has 5 nitrogen and oxygen atoms in total. The molecular weight excluding hydrogens is 236 g/mol. The fourth-order valence-corrected chi connectivity index (χ4v) is 1.19. The van der Waals surface area contributed by atoms with Gasteiger partial charge in [-0.1, -0.05) is 13.8 Å². The van der Waals surface area contributed by atoms with Gasteiger partial charge < -0.3 is 14.2 Å². The predicted molar refractivity (Wildman–Crippen MR) is 67.0 cm³/mol. The zero-order valence-corrected chi connectivity index (χ0v) is 11.3. The molecule has 0 heterocycles. The van der Waals surface area contributed by atoms with Crippen LogP contribution in [0.4, 0.5) is 0 Å². The van der Waals surface area contributed by atoms with E-state index in [1.54, 1.807) is 0 Å². The van der Waals surface area contributed by atoms with Gasteiger partial charge in [-0.05, 0) is 18.2 Å². The number of hydrogen-bond acceptors (Lipinski definition) is 5. The first kappa shape index (κ1) is 16.0. The maximum Gasteiger partial charge on any atom is 0.338 e. The summed E-state index contributed by atoms with van der Waals surface area (Å²) in [4.78, 5) is 22.6. The second-order valence-electron chi connectivity index (χ2n) is 2.93. The average molecular weight is 254 g/mol. The number of ether oxygens (including phenoxy) is 3. The summed E-state index contributed by atoms with van der Waals surface area (Å²) in [7, 11) is 3.97. The molecule has 0 aliphatic rings. The van der Waals surface area contributed by atoms with Crippen LogP contribution in [0.25, 0.3) is 0 Å². The van der Waals surface area contributed by atoms with Gasteiger partial charge in [-0.15, -0.1) is 0 Å². The van der Waals surface area contributed by atoms with E-state index in [4.69, 9.17) is 4.74 Å². The van der Waals surface area contributed by atoms with Crippen LogP contribution in [0.15, 0.2) is 18.2 Å². The van der Waals surface area contributed by atoms with Gasteiger partial charge in [0.15, 0.2) is 0 Å². The molecule has 18 heavy (non-hydrogen) atoms. The molecule has 100 valence electrons. The Morgan fingerprint density at radius 2 is 1.22 bits per heavy atom. The molecule has 5 heteroatoms. The third-order valence-corrected chi connectivity index (χ3v) is 1.98. The Morgan fingerprint density at radius 3 is 1.50 bits per heavy atom. The highest BCUT2D eigenvalue weighted by atomic mass is 16.5. The second kappa shape index (κ2) is 8.11. The lowest BCUT2D eigenvalue weighted by Gasteiger charge is -2.06. The third kappa shape index (κ3) is 4.08. The molecule has 0 bridgehead atoms. The van der Waals surface area contributed by atoms with Gasteiger partial charge in [-0.2, -0.15) is 0 Å². The number of esters is 2. The first-order valence-corrected chi connectivity index (χ1v) is 5.48. The van der Waals surface area contributed by atoms with Gasteiger partial charge in [-0.25, -0.2) is 9.59 Å². The van der Waals surface area contributed by atoms with Crippen molar-refractivity contribution in [3.63, 3.8) is 0 Å². The molecule has 0 atom stereocenters. The summed E-state index contributed by atoms with van der Waals surface area (Å²) in [5.74, 6) is -0.684. The summed E-state index contributed by atoms with van der Waals surface area (Å²) < 4.78 is 14.1. The van der Waals surface area contributed by atoms with Crippen LogP contribution >= 0.6 is 0 Å². The summed E-state index contributed by atoms with van der Waals surface area (Å²) in [6, 6.07) is 4.36. The van der Waals surface area contributed by atoms with Crippen molar-refractivity contribution in [1.29, 1.82) is 0 Å². The van der Waals surface area contributed by atoms with E-state index in [-0.39, 0.29) is 11.1 Å². The molecule has 0 fully saturated rings. The third-order valence-electron chi connectivity index (χ3n) is 1.98. The number of benzene rings is 1. The lowest BCUT2D eigenvalue weighted by Crippen LogP contribution is -2.07. The molecule has 1 aromatic rings. The Hall–Kier alpha value is -2.04. The molecule has 0 unspecified atom stereocenters. The fourth-order valence-electron chi connectivity index (χ4n) is 1.19. The molecule has 0 saturated carbocycles. The standard InChI is InChI=1S/C11H12O5.C2H6/c1-14-9-5-7(10(12)15-2)4-8(6-9)11(13)16-3;1-2/h4-6H,1-3H3;1-2H3. The monoisotopic (exact) mass is 254 g/mol. The minimum absolute atomic E-state index is 0.238. The Balaban J connectivity index is 0.00000137. The molecule has 1 aromatic carbocycles. The molecule has 0 radical (unpaired) electrons. The zero-order valence-electron chi connectivity index (χ0n) is 11.3. The maximum absolute atomic E-state index is 11.3. The number of carbonyl (C=O) groups excluding carboxylic acids is 2. The van der Waals surface area contributed by atoms with E-state index < -0.39 is 11.9 Å². The Bertz CT molecular complexity index is 378. The molecular formula is C13H18O5. The highest BCUT2D eigenvalue weighted by Gasteiger charge is 2.13. The number of hydrogen-bond donors (Lipinski definition) is 0. The highest BCUT2D eigenvalue weighted by Crippen LogP contribution is 2.18. The van der Waals surface area contributed by atoms with Crippen molar-refractivity contribution in [2.24, 2.45) is 0 Å². The molecule has 0 N–H and O–H groups in total. The predicted octanol–water partition coefficient (Wildman–Crippen LogP) is 2.29. The van der Waals surface area contributed by atoms with E-state index in [0.29, 0.717) is 5.75 Å². The van der Waals surface area contributed by atoms with Crippen LogP contribution in [-0.4, -0.2) is 33.3 Å². The van der Waals surface area contributed by atoms with Crippen LogP contribution in [0.5, 0.6) is 5.75 Å². The molecule has 0 amide bonds. The van der Waals surface area contributed by atoms with Crippen molar-refractivity contribution in [2.75, 3.05) is 21.3 Å². The van der Waals surface area contributed by atoms with E-state index in [2.05, 4.69) is 9.47 Å². The van der Waals surface area contributed by atoms with E-state index in [9.17, 15) is 9.59 Å². The van der Waals surface area contributed by atoms with Gasteiger partial charge in [0.05, 0.1) is 32.5 Å². The summed E-state index contributed by atoms with van der Waals surface area (Å²) in [6.45, 7) is 4.00. The molecule has 0 aliphatic heterocycles. The van der Waals surface area contributed by atoms with Crippen LogP contribution in [0.2, 0.25) is 0 Å². The van der Waals surface area contributed by atoms with Crippen molar-refractivity contribution in [2.45, 2.75) is 13.8 Å². The van der Waals surface area contributed by atoms with Crippen LogP contribution < -0.4 is 4.74 Å². The lowest BCUT2D eigenvalue weighted by molar-refractivity contribution is 0.0598. The first-order chi connectivity index (χ1) is 8.62. The van der Waals surface area contributed by atoms with Gasteiger partial charge in [-0.3, -0.25) is 0 Å². The molecule has 0 saturated heterocycles. The van der Waals surface area contributed by atoms with Crippen LogP contribution in [0.3, 0.4) is 0 Å². The normalized spacial score (nSPS) is 8.72. The zero-order chi connectivity index (χ0) is 14.1. The van der Waals surface area contributed by atoms with Gasteiger partial charge in [0, 0.05) is 0 Å². The average Bonchev–Trinajstić information content (AvgIpc) is 2.46. The largest absolute Gasteiger partial charge is 0.497 e. The van der Waals surface area contributed by atoms with Crippen molar-refractivity contribution in [3.05, 3.63) is 29.3 Å². The highest BCUT2D eigenvalue weighted by molar-refractivity contribution is 5.96. The second-order valence-corrected chi connectivity index (χ2v) is 2.93. The number of methoxy groups -OCH3 is 3. The van der Waals surface area contributed by atoms with Gasteiger partial charge in [0.1, 0.15) is 5.75 Å². The Kier molecular flexibility index (Phi) is 7.19. The molecule has 1 rings (SSSR count). The molecule has 0 aliphatic carbocycles. The van der Waals surface area contributed by atoms with Gasteiger partial charge in [0.2, 0.25) is 0 Å². The fraction of sp³-hybridized carbons (Fsp3) is 0.385. The SMILES string of the molecule is CC.COC(=O)c1cc(OC)cc(C(=O)OC)c1. The Labute approximate surface area is 107 Å². The number of rotatable bonds is 3.